The molecule has 1 atom stereocenters. The molecule has 0 N–H and O–H groups in total. The average Bonchev–Trinajstić information content (AvgIpc) is 2.43. The van der Waals surface area contributed by atoms with Gasteiger partial charge in [0.15, 0.2) is 5.78 Å². The zero-order valence-electron chi connectivity index (χ0n) is 12.2. The van der Waals surface area contributed by atoms with Crippen molar-refractivity contribution in [2.75, 3.05) is 0 Å². The van der Waals surface area contributed by atoms with Gasteiger partial charge in [-0.3, -0.25) is 9.79 Å². The molecule has 1 aromatic carbocycles. The minimum absolute atomic E-state index is 0.0551. The molecule has 3 heteroatoms. The summed E-state index contributed by atoms with van der Waals surface area (Å²) in [4.78, 5) is 16.0. The Balaban J connectivity index is 3.48. The summed E-state index contributed by atoms with van der Waals surface area (Å²) >= 11 is 0. The fourth-order valence-corrected chi connectivity index (χ4v) is 1.89. The van der Waals surface area contributed by atoms with Crippen LogP contribution in [0.25, 0.3) is 0 Å². The quantitative estimate of drug-likeness (QED) is 0.424. The Labute approximate surface area is 119 Å². The summed E-state index contributed by atoms with van der Waals surface area (Å²) in [7, 11) is 0. The number of halogens is 1. The Hall–Kier alpha value is -2.03. The van der Waals surface area contributed by atoms with Crippen molar-refractivity contribution in [1.29, 1.82) is 0 Å². The number of carbonyl (C=O) groups is 1. The Morgan fingerprint density at radius 2 is 2.20 bits per heavy atom. The highest BCUT2D eigenvalue weighted by molar-refractivity contribution is 6.11. The Kier molecular flexibility index (Phi) is 6.04. The predicted octanol–water partition coefficient (Wildman–Crippen LogP) is 4.56. The molecular formula is C17H20FNO. The third-order valence-corrected chi connectivity index (χ3v) is 3.16. The third-order valence-electron chi connectivity index (χ3n) is 3.16. The summed E-state index contributed by atoms with van der Waals surface area (Å²) in [6, 6.07) is 4.54. The van der Waals surface area contributed by atoms with E-state index in [0.29, 0.717) is 16.8 Å². The maximum absolute atomic E-state index is 14.2. The van der Waals surface area contributed by atoms with Crippen LogP contribution in [0.1, 0.15) is 43.1 Å². The third kappa shape index (κ3) is 3.73. The van der Waals surface area contributed by atoms with Crippen molar-refractivity contribution < 1.29 is 9.18 Å². The number of rotatable bonds is 6. The largest absolute Gasteiger partial charge is 0.294 e. The molecule has 0 aliphatic heterocycles. The lowest BCUT2D eigenvalue weighted by Gasteiger charge is -2.16. The summed E-state index contributed by atoms with van der Waals surface area (Å²) in [5, 5.41) is 0. The minimum atomic E-state index is -0.413. The van der Waals surface area contributed by atoms with Crippen LogP contribution in [0.2, 0.25) is 0 Å². The van der Waals surface area contributed by atoms with E-state index in [0.717, 1.165) is 6.42 Å². The molecule has 0 fully saturated rings. The molecular weight excluding hydrogens is 253 g/mol. The normalized spacial score (nSPS) is 13.5. The average molecular weight is 273 g/mol. The second-order valence-corrected chi connectivity index (χ2v) is 4.62. The number of hydrogen-bond acceptors (Lipinski definition) is 2. The van der Waals surface area contributed by atoms with E-state index >= 15 is 0 Å². The van der Waals surface area contributed by atoms with Crippen molar-refractivity contribution in [2.45, 2.75) is 27.2 Å². The van der Waals surface area contributed by atoms with E-state index in [-0.39, 0.29) is 11.7 Å². The molecule has 1 unspecified atom stereocenters. The summed E-state index contributed by atoms with van der Waals surface area (Å²) in [6.07, 6.45) is 5.67. The van der Waals surface area contributed by atoms with Crippen molar-refractivity contribution in [3.63, 3.8) is 0 Å². The summed E-state index contributed by atoms with van der Waals surface area (Å²) in [5.74, 6) is -0.522. The Bertz CT molecular complexity index is 558. The van der Waals surface area contributed by atoms with Gasteiger partial charge in [0, 0.05) is 17.3 Å². The molecule has 1 rings (SSSR count). The Morgan fingerprint density at radius 1 is 1.50 bits per heavy atom. The van der Waals surface area contributed by atoms with Crippen LogP contribution < -0.4 is 0 Å². The molecule has 0 aromatic heterocycles. The van der Waals surface area contributed by atoms with Gasteiger partial charge in [0.2, 0.25) is 0 Å². The molecule has 0 saturated carbocycles. The topological polar surface area (TPSA) is 29.4 Å². The van der Waals surface area contributed by atoms with E-state index in [1.807, 2.05) is 13.8 Å². The predicted molar refractivity (Wildman–Crippen MR) is 81.7 cm³/mol. The Morgan fingerprint density at radius 3 is 2.75 bits per heavy atom. The smallest absolute Gasteiger partial charge is 0.160 e. The summed E-state index contributed by atoms with van der Waals surface area (Å²) in [5.41, 5.74) is 1.27. The monoisotopic (exact) mass is 273 g/mol. The van der Waals surface area contributed by atoms with Crippen LogP contribution in [0.5, 0.6) is 0 Å². The van der Waals surface area contributed by atoms with Crippen molar-refractivity contribution in [1.82, 2.24) is 0 Å². The molecule has 0 bridgehead atoms. The van der Waals surface area contributed by atoms with Crippen molar-refractivity contribution >= 4 is 11.5 Å². The van der Waals surface area contributed by atoms with Gasteiger partial charge in [-0.05, 0) is 31.4 Å². The molecule has 0 aliphatic rings. The van der Waals surface area contributed by atoms with Crippen LogP contribution in [-0.4, -0.2) is 11.5 Å². The first-order valence-corrected chi connectivity index (χ1v) is 6.68. The van der Waals surface area contributed by atoms with Gasteiger partial charge >= 0.3 is 0 Å². The first-order valence-electron chi connectivity index (χ1n) is 6.68. The number of allylic oxidation sites excluding steroid dienone is 2. The number of aliphatic imine (C=N–C) groups is 1. The lowest BCUT2D eigenvalue weighted by molar-refractivity contribution is 0.101. The van der Waals surface area contributed by atoms with E-state index in [1.54, 1.807) is 30.5 Å². The van der Waals surface area contributed by atoms with Gasteiger partial charge in [0.05, 0.1) is 5.71 Å². The molecule has 0 aliphatic carbocycles. The minimum Gasteiger partial charge on any atom is -0.294 e. The second-order valence-electron chi connectivity index (χ2n) is 4.62. The highest BCUT2D eigenvalue weighted by Crippen LogP contribution is 2.21. The molecule has 0 amide bonds. The van der Waals surface area contributed by atoms with Gasteiger partial charge in [0.1, 0.15) is 5.82 Å². The van der Waals surface area contributed by atoms with E-state index < -0.39 is 5.82 Å². The van der Waals surface area contributed by atoms with E-state index in [2.05, 4.69) is 11.6 Å². The lowest BCUT2D eigenvalue weighted by Crippen LogP contribution is -2.17. The fraction of sp³-hybridized carbons (Fsp3) is 0.294. The van der Waals surface area contributed by atoms with Crippen LogP contribution in [-0.2, 0) is 0 Å². The van der Waals surface area contributed by atoms with Crippen LogP contribution in [0.3, 0.4) is 0 Å². The SMILES string of the molecule is C=C/C=C\N=C(\c1c(F)cccc1C(C)=O)C(C)CC. The number of ketones is 1. The van der Waals surface area contributed by atoms with Crippen LogP contribution in [0.4, 0.5) is 4.39 Å². The van der Waals surface area contributed by atoms with Gasteiger partial charge < -0.3 is 0 Å². The number of Topliss-reactive ketones (excluding diaryl/α,β-unsaturated/α-hetero) is 1. The maximum Gasteiger partial charge on any atom is 0.160 e. The first-order chi connectivity index (χ1) is 9.52. The second kappa shape index (κ2) is 7.53. The highest BCUT2D eigenvalue weighted by atomic mass is 19.1. The van der Waals surface area contributed by atoms with Crippen LogP contribution >= 0.6 is 0 Å². The molecule has 106 valence electrons. The molecule has 0 spiro atoms. The van der Waals surface area contributed by atoms with E-state index in [4.69, 9.17) is 0 Å². The van der Waals surface area contributed by atoms with Gasteiger partial charge in [0.25, 0.3) is 0 Å². The molecule has 0 radical (unpaired) electrons. The van der Waals surface area contributed by atoms with Crippen LogP contribution in [0, 0.1) is 11.7 Å². The standard InChI is InChI=1S/C17H20FNO/c1-5-7-11-19-17(12(3)6-2)16-14(13(4)20)9-8-10-15(16)18/h5,7-12H,1,6H2,2-4H3/b11-7-,19-17+. The van der Waals surface area contributed by atoms with Crippen molar-refractivity contribution in [3.05, 3.63) is 60.1 Å². The zero-order valence-corrected chi connectivity index (χ0v) is 12.2. The van der Waals surface area contributed by atoms with Crippen LogP contribution in [0.15, 0.2) is 48.1 Å². The maximum atomic E-state index is 14.2. The van der Waals surface area contributed by atoms with E-state index in [9.17, 15) is 9.18 Å². The van der Waals surface area contributed by atoms with Crippen molar-refractivity contribution in [2.24, 2.45) is 10.9 Å². The molecule has 1 aromatic rings. The lowest BCUT2D eigenvalue weighted by atomic mass is 9.91. The summed E-state index contributed by atoms with van der Waals surface area (Å²) in [6.45, 7) is 8.99. The van der Waals surface area contributed by atoms with Crippen molar-refractivity contribution in [3.8, 4) is 0 Å². The molecule has 20 heavy (non-hydrogen) atoms. The highest BCUT2D eigenvalue weighted by Gasteiger charge is 2.20. The summed E-state index contributed by atoms with van der Waals surface area (Å²) < 4.78 is 14.2. The first kappa shape index (κ1) is 16.0. The number of nitrogens with zero attached hydrogens (tertiary/aromatic N) is 1. The fourth-order valence-electron chi connectivity index (χ4n) is 1.89. The number of benzene rings is 1. The van der Waals surface area contributed by atoms with Gasteiger partial charge in [-0.2, -0.15) is 0 Å². The number of hydrogen-bond donors (Lipinski definition) is 0. The van der Waals surface area contributed by atoms with Gasteiger partial charge in [-0.15, -0.1) is 0 Å². The molecule has 2 nitrogen and oxygen atoms in total. The molecule has 0 heterocycles. The zero-order chi connectivity index (χ0) is 15.1. The van der Waals surface area contributed by atoms with Gasteiger partial charge in [-0.25, -0.2) is 4.39 Å². The van der Waals surface area contributed by atoms with E-state index in [1.165, 1.54) is 13.0 Å². The molecule has 0 saturated heterocycles. The number of carbonyl (C=O) groups excluding carboxylic acids is 1. The van der Waals surface area contributed by atoms with Gasteiger partial charge in [-0.1, -0.05) is 38.6 Å².